The minimum atomic E-state index is -3.32. The number of fused-ring (bicyclic) bond motifs is 1. The fourth-order valence-electron chi connectivity index (χ4n) is 4.43. The maximum absolute atomic E-state index is 13.0. The van der Waals surface area contributed by atoms with Crippen molar-refractivity contribution >= 4 is 33.0 Å². The molecule has 2 aliphatic rings. The summed E-state index contributed by atoms with van der Waals surface area (Å²) in [6.45, 7) is 7.75. The normalized spacial score (nSPS) is 18.6. The predicted molar refractivity (Wildman–Crippen MR) is 126 cm³/mol. The summed E-state index contributed by atoms with van der Waals surface area (Å²) in [7, 11) is -3.32. The largest absolute Gasteiger partial charge is 0.308 e. The van der Waals surface area contributed by atoms with Crippen LogP contribution in [0.5, 0.6) is 0 Å². The van der Waals surface area contributed by atoms with Crippen molar-refractivity contribution < 1.29 is 18.0 Å². The van der Waals surface area contributed by atoms with Gasteiger partial charge >= 0.3 is 0 Å². The molecule has 170 valence electrons. The molecule has 1 fully saturated rings. The molecule has 2 aromatic rings. The Morgan fingerprint density at radius 2 is 1.62 bits per heavy atom. The van der Waals surface area contributed by atoms with Crippen LogP contribution in [0.2, 0.25) is 0 Å². The highest BCUT2D eigenvalue weighted by molar-refractivity contribution is 7.91. The van der Waals surface area contributed by atoms with E-state index in [1.54, 1.807) is 36.1 Å². The van der Waals surface area contributed by atoms with Crippen molar-refractivity contribution in [1.29, 1.82) is 0 Å². The number of carbonyl (C=O) groups excluding carboxylic acids is 2. The summed E-state index contributed by atoms with van der Waals surface area (Å²) < 4.78 is 25.0. The Bertz CT molecular complexity index is 1150. The lowest BCUT2D eigenvalue weighted by Crippen LogP contribution is -2.51. The monoisotopic (exact) mass is 454 g/mol. The van der Waals surface area contributed by atoms with E-state index in [9.17, 15) is 18.0 Å². The van der Waals surface area contributed by atoms with Crippen LogP contribution in [0.25, 0.3) is 11.1 Å². The predicted octanol–water partition coefficient (Wildman–Crippen LogP) is 4.28. The first-order valence-corrected chi connectivity index (χ1v) is 12.8. The maximum atomic E-state index is 13.0. The average molecular weight is 455 g/mol. The molecule has 2 aromatic carbocycles. The molecule has 1 aliphatic heterocycles. The topological polar surface area (TPSA) is 74.8 Å². The van der Waals surface area contributed by atoms with Gasteiger partial charge in [-0.3, -0.25) is 9.59 Å². The summed E-state index contributed by atoms with van der Waals surface area (Å²) in [5.74, 6) is 0.316. The smallest absolute Gasteiger partial charge is 0.230 e. The second-order valence-corrected chi connectivity index (χ2v) is 11.4. The van der Waals surface area contributed by atoms with Crippen molar-refractivity contribution in [2.75, 3.05) is 22.1 Å². The minimum Gasteiger partial charge on any atom is -0.308 e. The van der Waals surface area contributed by atoms with E-state index in [0.29, 0.717) is 11.4 Å². The number of nitrogens with zero attached hydrogens (tertiary/aromatic N) is 2. The van der Waals surface area contributed by atoms with Crippen LogP contribution in [0.1, 0.15) is 40.5 Å². The molecule has 4 rings (SSSR count). The van der Waals surface area contributed by atoms with Gasteiger partial charge in [-0.2, -0.15) is 0 Å². The van der Waals surface area contributed by atoms with Crippen LogP contribution in [-0.4, -0.2) is 38.6 Å². The standard InChI is InChI=1S/C25H30N2O4S/c1-16(2)15-32(30,31)22-10-7-19(8-11-22)21-9-12-23-24(13-21)26(25(29)20-5-6-20)14-17(3)27(23)18(4)28/h7-13,16-17,20H,5-6,14-15H2,1-4H3. The molecule has 6 nitrogen and oxygen atoms in total. The highest BCUT2D eigenvalue weighted by atomic mass is 32.2. The first-order valence-electron chi connectivity index (χ1n) is 11.2. The van der Waals surface area contributed by atoms with Crippen LogP contribution in [0.4, 0.5) is 11.4 Å². The van der Waals surface area contributed by atoms with Crippen LogP contribution in [0, 0.1) is 11.8 Å². The van der Waals surface area contributed by atoms with E-state index in [1.165, 1.54) is 0 Å². The molecular formula is C25H30N2O4S. The van der Waals surface area contributed by atoms with Gasteiger partial charge < -0.3 is 9.80 Å². The third-order valence-electron chi connectivity index (χ3n) is 6.04. The number of hydrogen-bond donors (Lipinski definition) is 0. The third kappa shape index (κ3) is 4.31. The van der Waals surface area contributed by atoms with Gasteiger partial charge in [-0.1, -0.05) is 32.0 Å². The van der Waals surface area contributed by atoms with Gasteiger partial charge in [-0.05, 0) is 61.1 Å². The molecule has 0 saturated heterocycles. The zero-order chi connectivity index (χ0) is 23.2. The molecule has 1 saturated carbocycles. The van der Waals surface area contributed by atoms with Gasteiger partial charge in [0.05, 0.1) is 28.1 Å². The maximum Gasteiger partial charge on any atom is 0.230 e. The molecule has 32 heavy (non-hydrogen) atoms. The van der Waals surface area contributed by atoms with Crippen LogP contribution in [-0.2, 0) is 19.4 Å². The van der Waals surface area contributed by atoms with Gasteiger partial charge in [0.2, 0.25) is 11.8 Å². The van der Waals surface area contributed by atoms with Crippen molar-refractivity contribution in [3.8, 4) is 11.1 Å². The quantitative estimate of drug-likeness (QED) is 0.676. The summed E-state index contributed by atoms with van der Waals surface area (Å²) >= 11 is 0. The number of sulfone groups is 1. The average Bonchev–Trinajstić information content (AvgIpc) is 3.56. The highest BCUT2D eigenvalue weighted by Gasteiger charge is 2.39. The van der Waals surface area contributed by atoms with Crippen molar-refractivity contribution in [3.05, 3.63) is 42.5 Å². The number of amides is 2. The fraction of sp³-hybridized carbons (Fsp3) is 0.440. The molecule has 0 bridgehead atoms. The molecule has 0 spiro atoms. The summed E-state index contributed by atoms with van der Waals surface area (Å²) in [5.41, 5.74) is 3.22. The van der Waals surface area contributed by atoms with E-state index in [1.807, 2.05) is 43.9 Å². The van der Waals surface area contributed by atoms with Gasteiger partial charge in [-0.25, -0.2) is 8.42 Å². The SMILES string of the molecule is CC(=O)N1c2ccc(-c3ccc(S(=O)(=O)CC(C)C)cc3)cc2N(C(=O)C2CC2)CC1C. The Balaban J connectivity index is 1.72. The summed E-state index contributed by atoms with van der Waals surface area (Å²) in [6.07, 6.45) is 1.84. The van der Waals surface area contributed by atoms with E-state index in [2.05, 4.69) is 0 Å². The summed E-state index contributed by atoms with van der Waals surface area (Å²) in [5, 5.41) is 0. The lowest BCUT2D eigenvalue weighted by molar-refractivity contribution is -0.120. The van der Waals surface area contributed by atoms with Crippen LogP contribution in [0.15, 0.2) is 47.4 Å². The second kappa shape index (κ2) is 8.35. The molecule has 1 atom stereocenters. The van der Waals surface area contributed by atoms with Crippen LogP contribution < -0.4 is 9.80 Å². The number of benzene rings is 2. The van der Waals surface area contributed by atoms with Crippen molar-refractivity contribution in [3.63, 3.8) is 0 Å². The lowest BCUT2D eigenvalue weighted by atomic mass is 10.00. The van der Waals surface area contributed by atoms with Gasteiger partial charge in [0.1, 0.15) is 0 Å². The van der Waals surface area contributed by atoms with Gasteiger partial charge in [0, 0.05) is 19.4 Å². The minimum absolute atomic E-state index is 0.0512. The Labute approximate surface area is 190 Å². The van der Waals surface area contributed by atoms with E-state index in [-0.39, 0.29) is 35.4 Å². The van der Waals surface area contributed by atoms with Gasteiger partial charge in [0.25, 0.3) is 0 Å². The molecule has 1 unspecified atom stereocenters. The summed E-state index contributed by atoms with van der Waals surface area (Å²) in [6, 6.07) is 12.5. The number of hydrogen-bond acceptors (Lipinski definition) is 4. The highest BCUT2D eigenvalue weighted by Crippen LogP contribution is 2.42. The Morgan fingerprint density at radius 3 is 2.19 bits per heavy atom. The second-order valence-electron chi connectivity index (χ2n) is 9.36. The Kier molecular flexibility index (Phi) is 5.88. The molecule has 2 amide bonds. The molecule has 0 radical (unpaired) electrons. The van der Waals surface area contributed by atoms with Crippen molar-refractivity contribution in [2.45, 2.75) is 51.5 Å². The molecule has 1 heterocycles. The molecule has 0 aromatic heterocycles. The van der Waals surface area contributed by atoms with E-state index < -0.39 is 9.84 Å². The first-order chi connectivity index (χ1) is 15.1. The molecular weight excluding hydrogens is 424 g/mol. The number of carbonyl (C=O) groups is 2. The Hall–Kier alpha value is -2.67. The van der Waals surface area contributed by atoms with Gasteiger partial charge in [-0.15, -0.1) is 0 Å². The van der Waals surface area contributed by atoms with E-state index in [0.717, 1.165) is 35.3 Å². The number of anilines is 2. The van der Waals surface area contributed by atoms with Crippen molar-refractivity contribution in [1.82, 2.24) is 0 Å². The molecule has 1 aliphatic carbocycles. The van der Waals surface area contributed by atoms with E-state index in [4.69, 9.17) is 0 Å². The van der Waals surface area contributed by atoms with Gasteiger partial charge in [0.15, 0.2) is 9.84 Å². The number of rotatable bonds is 5. The molecule has 7 heteroatoms. The summed E-state index contributed by atoms with van der Waals surface area (Å²) in [4.78, 5) is 29.2. The van der Waals surface area contributed by atoms with Crippen molar-refractivity contribution in [2.24, 2.45) is 11.8 Å². The first kappa shape index (κ1) is 22.5. The zero-order valence-electron chi connectivity index (χ0n) is 19.0. The Morgan fingerprint density at radius 1 is 1.00 bits per heavy atom. The van der Waals surface area contributed by atoms with E-state index >= 15 is 0 Å². The van der Waals surface area contributed by atoms with Crippen LogP contribution in [0.3, 0.4) is 0 Å². The fourth-order valence-corrected chi connectivity index (χ4v) is 6.05. The molecule has 0 N–H and O–H groups in total. The van der Waals surface area contributed by atoms with Crippen LogP contribution >= 0.6 is 0 Å². The zero-order valence-corrected chi connectivity index (χ0v) is 19.9. The third-order valence-corrected chi connectivity index (χ3v) is 8.14. The lowest BCUT2D eigenvalue weighted by Gasteiger charge is -2.41.